The van der Waals surface area contributed by atoms with Crippen molar-refractivity contribution in [2.75, 3.05) is 6.61 Å². The van der Waals surface area contributed by atoms with Crippen molar-refractivity contribution in [3.63, 3.8) is 0 Å². The van der Waals surface area contributed by atoms with Crippen molar-refractivity contribution >= 4 is 17.2 Å². The van der Waals surface area contributed by atoms with E-state index < -0.39 is 0 Å². The zero-order valence-corrected chi connectivity index (χ0v) is 15.1. The molecule has 0 aliphatic rings. The molecule has 0 radical (unpaired) electrons. The van der Waals surface area contributed by atoms with Gasteiger partial charge in [0.2, 0.25) is 0 Å². The first kappa shape index (κ1) is 17.2. The van der Waals surface area contributed by atoms with Gasteiger partial charge in [0.15, 0.2) is 0 Å². The highest BCUT2D eigenvalue weighted by Crippen LogP contribution is 2.26. The fraction of sp³-hybridized carbons (Fsp3) is 0.200. The number of thiazole rings is 1. The van der Waals surface area contributed by atoms with Gasteiger partial charge >= 0.3 is 0 Å². The number of amides is 1. The highest BCUT2D eigenvalue weighted by Gasteiger charge is 2.10. The standard InChI is InChI=1S/C20H20N2O2S/c1-3-24-17-9-6-8-15(11-17)19(23)21-12-16-13-25-20(22-16)18-10-5-4-7-14(18)2/h4-11,13H,3,12H2,1-2H3,(H,21,23). The first-order chi connectivity index (χ1) is 12.2. The maximum atomic E-state index is 12.3. The molecule has 1 N–H and O–H groups in total. The second kappa shape index (κ2) is 7.94. The number of nitrogens with zero attached hydrogens (tertiary/aromatic N) is 1. The van der Waals surface area contributed by atoms with E-state index in [0.29, 0.717) is 24.5 Å². The van der Waals surface area contributed by atoms with E-state index in [0.717, 1.165) is 16.3 Å². The van der Waals surface area contributed by atoms with Gasteiger partial charge in [-0.05, 0) is 37.6 Å². The topological polar surface area (TPSA) is 51.2 Å². The molecule has 25 heavy (non-hydrogen) atoms. The predicted molar refractivity (Wildman–Crippen MR) is 101 cm³/mol. The van der Waals surface area contributed by atoms with Gasteiger partial charge in [0.1, 0.15) is 10.8 Å². The third kappa shape index (κ3) is 4.25. The quantitative estimate of drug-likeness (QED) is 0.713. The van der Waals surface area contributed by atoms with Crippen molar-refractivity contribution in [2.45, 2.75) is 20.4 Å². The Labute approximate surface area is 151 Å². The summed E-state index contributed by atoms with van der Waals surface area (Å²) < 4.78 is 5.43. The van der Waals surface area contributed by atoms with Gasteiger partial charge in [0.05, 0.1) is 18.8 Å². The summed E-state index contributed by atoms with van der Waals surface area (Å²) in [6, 6.07) is 15.4. The van der Waals surface area contributed by atoms with Gasteiger partial charge in [-0.25, -0.2) is 4.98 Å². The Kier molecular flexibility index (Phi) is 5.46. The summed E-state index contributed by atoms with van der Waals surface area (Å²) >= 11 is 1.59. The lowest BCUT2D eigenvalue weighted by molar-refractivity contribution is 0.0950. The smallest absolute Gasteiger partial charge is 0.251 e. The lowest BCUT2D eigenvalue weighted by Crippen LogP contribution is -2.22. The molecule has 0 spiro atoms. The van der Waals surface area contributed by atoms with E-state index in [-0.39, 0.29) is 5.91 Å². The number of hydrogen-bond acceptors (Lipinski definition) is 4. The van der Waals surface area contributed by atoms with Crippen molar-refractivity contribution < 1.29 is 9.53 Å². The molecule has 3 aromatic rings. The summed E-state index contributed by atoms with van der Waals surface area (Å²) in [6.45, 7) is 4.97. The second-order valence-corrected chi connectivity index (χ2v) is 6.46. The van der Waals surface area contributed by atoms with Gasteiger partial charge in [-0.1, -0.05) is 30.3 Å². The van der Waals surface area contributed by atoms with Crippen molar-refractivity contribution in [1.82, 2.24) is 10.3 Å². The van der Waals surface area contributed by atoms with Gasteiger partial charge < -0.3 is 10.1 Å². The highest BCUT2D eigenvalue weighted by atomic mass is 32.1. The Hall–Kier alpha value is -2.66. The second-order valence-electron chi connectivity index (χ2n) is 5.60. The Morgan fingerprint density at radius 3 is 2.84 bits per heavy atom. The lowest BCUT2D eigenvalue weighted by atomic mass is 10.1. The average Bonchev–Trinajstić information content (AvgIpc) is 3.09. The zero-order valence-electron chi connectivity index (χ0n) is 14.3. The molecule has 1 aromatic heterocycles. The summed E-state index contributed by atoms with van der Waals surface area (Å²) in [5.74, 6) is 0.567. The van der Waals surface area contributed by atoms with Crippen molar-refractivity contribution in [3.8, 4) is 16.3 Å². The Balaban J connectivity index is 1.65. The van der Waals surface area contributed by atoms with Gasteiger partial charge in [0, 0.05) is 16.5 Å². The average molecular weight is 352 g/mol. The van der Waals surface area contributed by atoms with Crippen molar-refractivity contribution in [3.05, 3.63) is 70.7 Å². The van der Waals surface area contributed by atoms with Gasteiger partial charge in [0.25, 0.3) is 5.91 Å². The number of aryl methyl sites for hydroxylation is 1. The summed E-state index contributed by atoms with van der Waals surface area (Å²) in [5.41, 5.74) is 3.77. The Morgan fingerprint density at radius 2 is 2.04 bits per heavy atom. The van der Waals surface area contributed by atoms with Crippen LogP contribution in [-0.4, -0.2) is 17.5 Å². The SMILES string of the molecule is CCOc1cccc(C(=O)NCc2csc(-c3ccccc3C)n2)c1. The van der Waals surface area contributed by atoms with Crippen LogP contribution >= 0.6 is 11.3 Å². The molecular formula is C20H20N2O2S. The molecule has 0 bridgehead atoms. The van der Waals surface area contributed by atoms with Gasteiger partial charge in [-0.3, -0.25) is 4.79 Å². The van der Waals surface area contributed by atoms with E-state index in [1.807, 2.05) is 36.6 Å². The summed E-state index contributed by atoms with van der Waals surface area (Å²) in [6.07, 6.45) is 0. The van der Waals surface area contributed by atoms with Crippen LogP contribution in [0.2, 0.25) is 0 Å². The first-order valence-electron chi connectivity index (χ1n) is 8.19. The number of benzene rings is 2. The molecule has 4 nitrogen and oxygen atoms in total. The summed E-state index contributed by atoms with van der Waals surface area (Å²) in [5, 5.41) is 5.87. The first-order valence-corrected chi connectivity index (χ1v) is 9.07. The van der Waals surface area contributed by atoms with Crippen molar-refractivity contribution in [1.29, 1.82) is 0 Å². The largest absolute Gasteiger partial charge is 0.494 e. The molecule has 0 saturated heterocycles. The third-order valence-electron chi connectivity index (χ3n) is 3.76. The van der Waals surface area contributed by atoms with Crippen LogP contribution in [0.25, 0.3) is 10.6 Å². The maximum absolute atomic E-state index is 12.3. The van der Waals surface area contributed by atoms with E-state index in [9.17, 15) is 4.79 Å². The van der Waals surface area contributed by atoms with E-state index in [4.69, 9.17) is 4.74 Å². The van der Waals surface area contributed by atoms with Crippen LogP contribution in [0, 0.1) is 6.92 Å². The lowest BCUT2D eigenvalue weighted by Gasteiger charge is -2.06. The van der Waals surface area contributed by atoms with Gasteiger partial charge in [-0.15, -0.1) is 11.3 Å². The van der Waals surface area contributed by atoms with E-state index in [2.05, 4.69) is 29.4 Å². The normalized spacial score (nSPS) is 10.5. The molecule has 5 heteroatoms. The van der Waals surface area contributed by atoms with E-state index in [1.54, 1.807) is 23.5 Å². The fourth-order valence-electron chi connectivity index (χ4n) is 2.49. The van der Waals surface area contributed by atoms with E-state index >= 15 is 0 Å². The van der Waals surface area contributed by atoms with Crippen LogP contribution in [0.5, 0.6) is 5.75 Å². The van der Waals surface area contributed by atoms with E-state index in [1.165, 1.54) is 5.56 Å². The Morgan fingerprint density at radius 1 is 1.20 bits per heavy atom. The number of rotatable bonds is 6. The monoisotopic (exact) mass is 352 g/mol. The number of ether oxygens (including phenoxy) is 1. The molecule has 3 rings (SSSR count). The van der Waals surface area contributed by atoms with Crippen molar-refractivity contribution in [2.24, 2.45) is 0 Å². The minimum atomic E-state index is -0.132. The molecular weight excluding hydrogens is 332 g/mol. The number of hydrogen-bond donors (Lipinski definition) is 1. The van der Waals surface area contributed by atoms with Crippen LogP contribution in [0.3, 0.4) is 0 Å². The van der Waals surface area contributed by atoms with Crippen LogP contribution in [0.15, 0.2) is 53.9 Å². The third-order valence-corrected chi connectivity index (χ3v) is 4.69. The number of carbonyl (C=O) groups is 1. The molecule has 0 saturated carbocycles. The minimum absolute atomic E-state index is 0.132. The molecule has 1 amide bonds. The van der Waals surface area contributed by atoms with Crippen LogP contribution in [0.1, 0.15) is 28.5 Å². The summed E-state index contributed by atoms with van der Waals surface area (Å²) in [4.78, 5) is 16.9. The molecule has 1 heterocycles. The highest BCUT2D eigenvalue weighted by molar-refractivity contribution is 7.13. The number of aromatic nitrogens is 1. The van der Waals surface area contributed by atoms with Crippen LogP contribution < -0.4 is 10.1 Å². The number of carbonyl (C=O) groups excluding carboxylic acids is 1. The minimum Gasteiger partial charge on any atom is -0.494 e. The Bertz CT molecular complexity index is 873. The molecule has 0 fully saturated rings. The zero-order chi connectivity index (χ0) is 17.6. The molecule has 0 atom stereocenters. The van der Waals surface area contributed by atoms with Gasteiger partial charge in [-0.2, -0.15) is 0 Å². The maximum Gasteiger partial charge on any atom is 0.251 e. The number of nitrogens with one attached hydrogen (secondary N) is 1. The van der Waals surface area contributed by atoms with Crippen LogP contribution in [-0.2, 0) is 6.54 Å². The molecule has 128 valence electrons. The summed E-state index contributed by atoms with van der Waals surface area (Å²) in [7, 11) is 0. The molecule has 0 unspecified atom stereocenters. The fourth-order valence-corrected chi connectivity index (χ4v) is 3.40. The van der Waals surface area contributed by atoms with Crippen LogP contribution in [0.4, 0.5) is 0 Å². The molecule has 0 aliphatic carbocycles. The molecule has 0 aliphatic heterocycles. The predicted octanol–water partition coefficient (Wildman–Crippen LogP) is 4.45. The molecule has 2 aromatic carbocycles.